The Hall–Kier alpha value is -2.03. The van der Waals surface area contributed by atoms with Crippen LogP contribution in [0.1, 0.15) is 5.56 Å². The van der Waals surface area contributed by atoms with Crippen LogP contribution in [0.4, 0.5) is 24.5 Å². The maximum atomic E-state index is 12.5. The smallest absolute Gasteiger partial charge is 0.405 e. The number of carboxylic acids is 1. The summed E-state index contributed by atoms with van der Waals surface area (Å²) in [5.74, 6) is -1.46. The number of carboxylic acid groups (broad SMARTS) is 1. The molecule has 6 nitrogen and oxygen atoms in total. The summed E-state index contributed by atoms with van der Waals surface area (Å²) in [5, 5.41) is 19.0. The van der Waals surface area contributed by atoms with Crippen molar-refractivity contribution < 1.29 is 28.0 Å². The average molecular weight is 327 g/mol. The maximum Gasteiger partial charge on any atom is 0.405 e. The largest absolute Gasteiger partial charge is 0.480 e. The van der Waals surface area contributed by atoms with Gasteiger partial charge in [0.1, 0.15) is 18.1 Å². The topological polar surface area (TPSA) is 83.7 Å². The lowest BCUT2D eigenvalue weighted by Crippen LogP contribution is -2.38. The van der Waals surface area contributed by atoms with Crippen LogP contribution in [0.2, 0.25) is 5.02 Å². The molecule has 0 bridgehead atoms. The third kappa shape index (κ3) is 4.78. The number of hydrogen-bond donors (Lipinski definition) is 1. The molecule has 1 aromatic rings. The molecule has 0 saturated carbocycles. The summed E-state index contributed by atoms with van der Waals surface area (Å²) in [7, 11) is 0. The predicted octanol–water partition coefficient (Wildman–Crippen LogP) is 3.01. The van der Waals surface area contributed by atoms with Crippen LogP contribution in [0.25, 0.3) is 0 Å². The molecule has 1 rings (SSSR count). The number of carbonyl (C=O) groups is 1. The van der Waals surface area contributed by atoms with Crippen LogP contribution in [-0.2, 0) is 4.79 Å². The normalized spacial score (nSPS) is 11.3. The summed E-state index contributed by atoms with van der Waals surface area (Å²) in [6, 6.07) is 1.96. The summed E-state index contributed by atoms with van der Waals surface area (Å²) in [6.45, 7) is -1.08. The van der Waals surface area contributed by atoms with Crippen LogP contribution in [0.5, 0.6) is 0 Å². The first-order valence-corrected chi connectivity index (χ1v) is 5.87. The lowest BCUT2D eigenvalue weighted by Gasteiger charge is -2.25. The SMILES string of the molecule is Cc1cc([N+](=O)[O-])c(Cl)cc1N(CC(=O)O)CC(F)(F)F. The molecule has 0 radical (unpaired) electrons. The summed E-state index contributed by atoms with van der Waals surface area (Å²) in [5.41, 5.74) is -0.456. The minimum absolute atomic E-state index is 0.120. The first-order valence-electron chi connectivity index (χ1n) is 5.49. The number of halogens is 4. The number of nitro groups is 1. The van der Waals surface area contributed by atoms with Crippen molar-refractivity contribution in [2.24, 2.45) is 0 Å². The predicted molar refractivity (Wildman–Crippen MR) is 68.7 cm³/mol. The van der Waals surface area contributed by atoms with Crippen molar-refractivity contribution in [1.29, 1.82) is 0 Å². The van der Waals surface area contributed by atoms with Crippen LogP contribution in [0, 0.1) is 17.0 Å². The Morgan fingerprint density at radius 2 is 2.05 bits per heavy atom. The van der Waals surface area contributed by atoms with Crippen LogP contribution >= 0.6 is 11.6 Å². The second-order valence-electron chi connectivity index (χ2n) is 4.21. The Labute approximate surface area is 121 Å². The van der Waals surface area contributed by atoms with E-state index in [-0.39, 0.29) is 16.3 Å². The molecule has 0 heterocycles. The zero-order valence-corrected chi connectivity index (χ0v) is 11.4. The van der Waals surface area contributed by atoms with Gasteiger partial charge in [-0.1, -0.05) is 11.6 Å². The second kappa shape index (κ2) is 6.17. The Morgan fingerprint density at radius 3 is 2.48 bits per heavy atom. The van der Waals surface area contributed by atoms with Gasteiger partial charge in [0.15, 0.2) is 0 Å². The second-order valence-corrected chi connectivity index (χ2v) is 4.62. The van der Waals surface area contributed by atoms with Crippen molar-refractivity contribution in [2.75, 3.05) is 18.0 Å². The van der Waals surface area contributed by atoms with Crippen molar-refractivity contribution in [2.45, 2.75) is 13.1 Å². The van der Waals surface area contributed by atoms with Crippen molar-refractivity contribution in [3.63, 3.8) is 0 Å². The molecular formula is C11H10ClF3N2O4. The molecule has 116 valence electrons. The van der Waals surface area contributed by atoms with Gasteiger partial charge in [-0.2, -0.15) is 13.2 Å². The van der Waals surface area contributed by atoms with Crippen molar-refractivity contribution in [3.05, 3.63) is 32.8 Å². The van der Waals surface area contributed by atoms with E-state index >= 15 is 0 Å². The molecule has 0 aliphatic rings. The zero-order chi connectivity index (χ0) is 16.4. The van der Waals surface area contributed by atoms with Gasteiger partial charge in [0.05, 0.1) is 4.92 Å². The molecule has 0 aliphatic carbocycles. The van der Waals surface area contributed by atoms with E-state index in [0.717, 1.165) is 12.1 Å². The molecule has 0 saturated heterocycles. The van der Waals surface area contributed by atoms with Gasteiger partial charge in [0, 0.05) is 11.8 Å². The highest BCUT2D eigenvalue weighted by molar-refractivity contribution is 6.33. The van der Waals surface area contributed by atoms with Crippen LogP contribution in [-0.4, -0.2) is 35.3 Å². The number of aliphatic carboxylic acids is 1. The van der Waals surface area contributed by atoms with E-state index < -0.39 is 35.8 Å². The first kappa shape index (κ1) is 17.0. The van der Waals surface area contributed by atoms with E-state index in [1.165, 1.54) is 6.92 Å². The molecule has 1 N–H and O–H groups in total. The number of hydrogen-bond acceptors (Lipinski definition) is 4. The lowest BCUT2D eigenvalue weighted by molar-refractivity contribution is -0.384. The lowest BCUT2D eigenvalue weighted by atomic mass is 10.1. The number of benzene rings is 1. The summed E-state index contributed by atoms with van der Waals surface area (Å²) < 4.78 is 37.5. The van der Waals surface area contributed by atoms with E-state index in [4.69, 9.17) is 16.7 Å². The van der Waals surface area contributed by atoms with Crippen molar-refractivity contribution in [3.8, 4) is 0 Å². The van der Waals surface area contributed by atoms with Crippen LogP contribution in [0.15, 0.2) is 12.1 Å². The van der Waals surface area contributed by atoms with E-state index in [0.29, 0.717) is 4.90 Å². The van der Waals surface area contributed by atoms with Gasteiger partial charge in [0.2, 0.25) is 0 Å². The van der Waals surface area contributed by atoms with Gasteiger partial charge in [-0.15, -0.1) is 0 Å². The van der Waals surface area contributed by atoms with Gasteiger partial charge in [-0.25, -0.2) is 0 Å². The standard InChI is InChI=1S/C11H10ClF3N2O4/c1-6-2-9(17(20)21)7(12)3-8(6)16(4-10(18)19)5-11(13,14)15/h2-3H,4-5H2,1H3,(H,18,19). The molecule has 0 amide bonds. The fourth-order valence-corrected chi connectivity index (χ4v) is 1.97. The average Bonchev–Trinajstić information content (AvgIpc) is 2.27. The number of aryl methyl sites for hydroxylation is 1. The molecule has 0 aromatic heterocycles. The number of alkyl halides is 3. The maximum absolute atomic E-state index is 12.5. The molecule has 0 fully saturated rings. The molecular weight excluding hydrogens is 317 g/mol. The van der Waals surface area contributed by atoms with Crippen molar-refractivity contribution >= 4 is 28.9 Å². The minimum Gasteiger partial charge on any atom is -0.480 e. The Kier molecular flexibility index (Phi) is 5.00. The number of anilines is 1. The molecule has 1 aromatic carbocycles. The molecule has 0 aliphatic heterocycles. The quantitative estimate of drug-likeness (QED) is 0.664. The molecule has 0 unspecified atom stereocenters. The molecule has 10 heteroatoms. The highest BCUT2D eigenvalue weighted by Crippen LogP contribution is 2.33. The fraction of sp³-hybridized carbons (Fsp3) is 0.364. The number of nitrogens with zero attached hydrogens (tertiary/aromatic N) is 2. The van der Waals surface area contributed by atoms with Gasteiger partial charge in [-0.05, 0) is 18.6 Å². The monoisotopic (exact) mass is 326 g/mol. The summed E-state index contributed by atoms with van der Waals surface area (Å²) in [4.78, 5) is 21.2. The van der Waals surface area contributed by atoms with E-state index in [9.17, 15) is 28.1 Å². The first-order chi connectivity index (χ1) is 9.51. The van der Waals surface area contributed by atoms with Gasteiger partial charge < -0.3 is 10.0 Å². The van der Waals surface area contributed by atoms with E-state index in [2.05, 4.69) is 0 Å². The van der Waals surface area contributed by atoms with Gasteiger partial charge in [0.25, 0.3) is 5.69 Å². The van der Waals surface area contributed by atoms with E-state index in [1.807, 2.05) is 0 Å². The third-order valence-electron chi connectivity index (χ3n) is 2.50. The van der Waals surface area contributed by atoms with Crippen LogP contribution < -0.4 is 4.90 Å². The molecule has 21 heavy (non-hydrogen) atoms. The fourth-order valence-electron chi connectivity index (χ4n) is 1.74. The number of rotatable bonds is 5. The van der Waals surface area contributed by atoms with Crippen LogP contribution in [0.3, 0.4) is 0 Å². The molecule has 0 spiro atoms. The Balaban J connectivity index is 3.27. The van der Waals surface area contributed by atoms with Crippen molar-refractivity contribution in [1.82, 2.24) is 0 Å². The highest BCUT2D eigenvalue weighted by atomic mass is 35.5. The summed E-state index contributed by atoms with van der Waals surface area (Å²) in [6.07, 6.45) is -4.63. The number of nitro benzene ring substituents is 1. The minimum atomic E-state index is -4.63. The third-order valence-corrected chi connectivity index (χ3v) is 2.80. The highest BCUT2D eigenvalue weighted by Gasteiger charge is 2.33. The van der Waals surface area contributed by atoms with Gasteiger partial charge >= 0.3 is 12.1 Å². The van der Waals surface area contributed by atoms with Gasteiger partial charge in [-0.3, -0.25) is 14.9 Å². The Morgan fingerprint density at radius 1 is 1.48 bits per heavy atom. The van der Waals surface area contributed by atoms with E-state index in [1.54, 1.807) is 0 Å². The summed E-state index contributed by atoms with van der Waals surface area (Å²) >= 11 is 5.65. The zero-order valence-electron chi connectivity index (χ0n) is 10.6. The molecule has 0 atom stereocenters. The Bertz CT molecular complexity index is 577.